The van der Waals surface area contributed by atoms with Crippen molar-refractivity contribution in [3.63, 3.8) is 0 Å². The first-order valence-corrected chi connectivity index (χ1v) is 9.29. The van der Waals surface area contributed by atoms with Crippen LogP contribution >= 0.6 is 0 Å². The Bertz CT molecular complexity index is 1320. The monoisotopic (exact) mass is 407 g/mol. The van der Waals surface area contributed by atoms with Gasteiger partial charge in [-0.1, -0.05) is 12.1 Å². The van der Waals surface area contributed by atoms with Crippen molar-refractivity contribution in [1.29, 1.82) is 0 Å². The minimum absolute atomic E-state index is 0.167. The van der Waals surface area contributed by atoms with Gasteiger partial charge in [-0.25, -0.2) is 13.8 Å². The van der Waals surface area contributed by atoms with Gasteiger partial charge in [0.05, 0.1) is 29.4 Å². The van der Waals surface area contributed by atoms with Crippen molar-refractivity contribution >= 4 is 16.8 Å². The molecule has 30 heavy (non-hydrogen) atoms. The number of para-hydroxylation sites is 1. The summed E-state index contributed by atoms with van der Waals surface area (Å²) in [6.45, 7) is 1.74. The second kappa shape index (κ2) is 7.82. The van der Waals surface area contributed by atoms with Gasteiger partial charge in [-0.15, -0.1) is 0 Å². The van der Waals surface area contributed by atoms with Crippen molar-refractivity contribution in [2.45, 2.75) is 19.5 Å². The lowest BCUT2D eigenvalue weighted by Gasteiger charge is -2.19. The molecule has 0 spiro atoms. The molecule has 4 rings (SSSR count). The molecule has 0 radical (unpaired) electrons. The van der Waals surface area contributed by atoms with Crippen LogP contribution in [0.25, 0.3) is 16.6 Å². The minimum Gasteiger partial charge on any atom is -0.467 e. The average molecular weight is 407 g/mol. The first-order chi connectivity index (χ1) is 14.5. The van der Waals surface area contributed by atoms with Crippen molar-refractivity contribution in [1.82, 2.24) is 14.5 Å². The minimum atomic E-state index is -0.912. The Morgan fingerprint density at radius 2 is 1.80 bits per heavy atom. The third kappa shape index (κ3) is 3.43. The van der Waals surface area contributed by atoms with Crippen LogP contribution in [0.1, 0.15) is 18.7 Å². The molecule has 152 valence electrons. The van der Waals surface area contributed by atoms with E-state index in [4.69, 9.17) is 4.42 Å². The van der Waals surface area contributed by atoms with Crippen LogP contribution in [-0.2, 0) is 11.3 Å². The Morgan fingerprint density at radius 1 is 1.07 bits per heavy atom. The van der Waals surface area contributed by atoms with Gasteiger partial charge in [0.15, 0.2) is 0 Å². The quantitative estimate of drug-likeness (QED) is 0.551. The molecule has 1 N–H and O–H groups in total. The molecule has 0 aliphatic heterocycles. The van der Waals surface area contributed by atoms with Gasteiger partial charge in [0, 0.05) is 0 Å². The average Bonchev–Trinajstić information content (AvgIpc) is 3.27. The molecule has 0 saturated carbocycles. The van der Waals surface area contributed by atoms with E-state index in [0.29, 0.717) is 11.3 Å². The van der Waals surface area contributed by atoms with E-state index in [0.717, 1.165) is 4.57 Å². The number of carbonyl (C=O) groups excluding carboxylic acids is 1. The standard InChI is InChI=1S/C22H18FN3O4/c1-14(20(27)24-13-17-5-4-12-30-17)25-19-7-3-2-6-18(19)21(28)26(22(25)29)16-10-8-15(23)9-11-16/h2-12,14H,13H2,1H3,(H,24,27)/t14-/m1/s1. The number of hydrogen-bond donors (Lipinski definition) is 1. The van der Waals surface area contributed by atoms with Crippen molar-refractivity contribution in [2.24, 2.45) is 0 Å². The summed E-state index contributed by atoms with van der Waals surface area (Å²) >= 11 is 0. The van der Waals surface area contributed by atoms with Crippen LogP contribution in [-0.4, -0.2) is 15.0 Å². The summed E-state index contributed by atoms with van der Waals surface area (Å²) < 4.78 is 20.8. The van der Waals surface area contributed by atoms with Crippen molar-refractivity contribution in [2.75, 3.05) is 0 Å². The molecule has 4 aromatic rings. The normalized spacial score (nSPS) is 12.1. The molecule has 0 unspecified atom stereocenters. The predicted molar refractivity (Wildman–Crippen MR) is 109 cm³/mol. The van der Waals surface area contributed by atoms with Crippen molar-refractivity contribution in [3.05, 3.63) is 99.3 Å². The molecule has 8 heteroatoms. The maximum atomic E-state index is 13.3. The highest BCUT2D eigenvalue weighted by atomic mass is 19.1. The molecule has 1 atom stereocenters. The Kier molecular flexibility index (Phi) is 5.05. The molecule has 2 aromatic heterocycles. The summed E-state index contributed by atoms with van der Waals surface area (Å²) in [5.41, 5.74) is -0.673. The van der Waals surface area contributed by atoms with Gasteiger partial charge < -0.3 is 9.73 Å². The van der Waals surface area contributed by atoms with Crippen LogP contribution in [0.5, 0.6) is 0 Å². The second-order valence-electron chi connectivity index (χ2n) is 6.76. The highest BCUT2D eigenvalue weighted by molar-refractivity contribution is 5.84. The van der Waals surface area contributed by atoms with Crippen LogP contribution < -0.4 is 16.6 Å². The Hall–Kier alpha value is -3.94. The largest absolute Gasteiger partial charge is 0.467 e. The lowest BCUT2D eigenvalue weighted by Crippen LogP contribution is -2.43. The summed E-state index contributed by atoms with van der Waals surface area (Å²) in [5, 5.41) is 3.00. The maximum absolute atomic E-state index is 13.3. The fourth-order valence-corrected chi connectivity index (χ4v) is 3.33. The van der Waals surface area contributed by atoms with Gasteiger partial charge >= 0.3 is 5.69 Å². The summed E-state index contributed by atoms with van der Waals surface area (Å²) in [4.78, 5) is 39.1. The predicted octanol–water partition coefficient (Wildman–Crippen LogP) is 2.76. The van der Waals surface area contributed by atoms with Gasteiger partial charge in [0.1, 0.15) is 17.6 Å². The van der Waals surface area contributed by atoms with Crippen LogP contribution in [0.4, 0.5) is 4.39 Å². The number of furan rings is 1. The van der Waals surface area contributed by atoms with Crippen LogP contribution in [0.15, 0.2) is 80.9 Å². The number of nitrogens with one attached hydrogen (secondary N) is 1. The number of fused-ring (bicyclic) bond motifs is 1. The number of amides is 1. The number of aromatic nitrogens is 2. The van der Waals surface area contributed by atoms with E-state index < -0.39 is 29.0 Å². The molecule has 0 aliphatic rings. The number of benzene rings is 2. The Morgan fingerprint density at radius 3 is 2.50 bits per heavy atom. The van der Waals surface area contributed by atoms with Gasteiger partial charge in [-0.3, -0.25) is 14.2 Å². The van der Waals surface area contributed by atoms with Gasteiger partial charge in [-0.05, 0) is 55.5 Å². The zero-order valence-electron chi connectivity index (χ0n) is 16.0. The Labute approximate surface area is 170 Å². The molecule has 0 saturated heterocycles. The van der Waals surface area contributed by atoms with E-state index in [9.17, 15) is 18.8 Å². The number of rotatable bonds is 5. The number of carbonyl (C=O) groups is 1. The third-order valence-electron chi connectivity index (χ3n) is 4.86. The van der Waals surface area contributed by atoms with Crippen LogP contribution in [0.3, 0.4) is 0 Å². The van der Waals surface area contributed by atoms with E-state index in [1.54, 1.807) is 43.3 Å². The fraction of sp³-hybridized carbons (Fsp3) is 0.136. The summed E-state index contributed by atoms with van der Waals surface area (Å²) in [6, 6.07) is 14.1. The third-order valence-corrected chi connectivity index (χ3v) is 4.86. The summed E-state index contributed by atoms with van der Waals surface area (Å²) in [7, 11) is 0. The van der Waals surface area contributed by atoms with Crippen molar-refractivity contribution < 1.29 is 13.6 Å². The SMILES string of the molecule is C[C@H](C(=O)NCc1ccco1)n1c(=O)n(-c2ccc(F)cc2)c(=O)c2ccccc21. The van der Waals surface area contributed by atoms with E-state index >= 15 is 0 Å². The molecule has 0 aliphatic carbocycles. The van der Waals surface area contributed by atoms with Gasteiger partial charge in [0.25, 0.3) is 5.56 Å². The van der Waals surface area contributed by atoms with E-state index in [1.165, 1.54) is 35.1 Å². The fourth-order valence-electron chi connectivity index (χ4n) is 3.33. The molecule has 7 nitrogen and oxygen atoms in total. The molecular formula is C22H18FN3O4. The van der Waals surface area contributed by atoms with Crippen LogP contribution in [0.2, 0.25) is 0 Å². The molecule has 0 fully saturated rings. The highest BCUT2D eigenvalue weighted by Crippen LogP contribution is 2.15. The zero-order chi connectivity index (χ0) is 21.3. The lowest BCUT2D eigenvalue weighted by molar-refractivity contribution is -0.124. The molecule has 1 amide bonds. The van der Waals surface area contributed by atoms with E-state index in [2.05, 4.69) is 5.32 Å². The molecule has 0 bridgehead atoms. The maximum Gasteiger partial charge on any atom is 0.336 e. The highest BCUT2D eigenvalue weighted by Gasteiger charge is 2.22. The number of hydrogen-bond acceptors (Lipinski definition) is 4. The number of halogens is 1. The van der Waals surface area contributed by atoms with Gasteiger partial charge in [0.2, 0.25) is 5.91 Å². The van der Waals surface area contributed by atoms with Crippen molar-refractivity contribution in [3.8, 4) is 5.69 Å². The van der Waals surface area contributed by atoms with Crippen LogP contribution in [0, 0.1) is 5.82 Å². The zero-order valence-corrected chi connectivity index (χ0v) is 16.0. The molecular weight excluding hydrogens is 389 g/mol. The first kappa shape index (κ1) is 19.4. The first-order valence-electron chi connectivity index (χ1n) is 9.29. The summed E-state index contributed by atoms with van der Waals surface area (Å²) in [6.07, 6.45) is 1.50. The van der Waals surface area contributed by atoms with E-state index in [1.807, 2.05) is 0 Å². The lowest BCUT2D eigenvalue weighted by atomic mass is 10.2. The second-order valence-corrected chi connectivity index (χ2v) is 6.76. The van der Waals surface area contributed by atoms with E-state index in [-0.39, 0.29) is 17.6 Å². The van der Waals surface area contributed by atoms with Gasteiger partial charge in [-0.2, -0.15) is 0 Å². The smallest absolute Gasteiger partial charge is 0.336 e. The number of nitrogens with zero attached hydrogens (tertiary/aromatic N) is 2. The topological polar surface area (TPSA) is 86.2 Å². The summed E-state index contributed by atoms with van der Waals surface area (Å²) in [5.74, 6) is -0.328. The Balaban J connectivity index is 1.84. The molecule has 2 heterocycles. The molecule has 2 aromatic carbocycles.